The summed E-state index contributed by atoms with van der Waals surface area (Å²) in [5.41, 5.74) is 1.09. The molecule has 1 fully saturated rings. The van der Waals surface area contributed by atoms with Crippen molar-refractivity contribution < 1.29 is 14.3 Å². The van der Waals surface area contributed by atoms with Crippen molar-refractivity contribution >= 4 is 29.5 Å². The molecule has 132 valence electrons. The minimum Gasteiger partial charge on any atom is -0.468 e. The second-order valence-electron chi connectivity index (χ2n) is 6.13. The average Bonchev–Trinajstić information content (AvgIpc) is 2.61. The molecule has 0 spiro atoms. The molecule has 0 radical (unpaired) electrons. The number of aryl methyl sites for hydroxylation is 1. The number of pyridine rings is 1. The predicted molar refractivity (Wildman–Crippen MR) is 97.3 cm³/mol. The lowest BCUT2D eigenvalue weighted by molar-refractivity contribution is -0.137. The van der Waals surface area contributed by atoms with Crippen molar-refractivity contribution in [1.29, 1.82) is 0 Å². The molecule has 24 heavy (non-hydrogen) atoms. The van der Waals surface area contributed by atoms with Crippen molar-refractivity contribution in [3.05, 3.63) is 23.9 Å². The third kappa shape index (κ3) is 5.51. The van der Waals surface area contributed by atoms with Crippen LogP contribution in [0.4, 0.5) is 5.82 Å². The molecule has 1 aliphatic carbocycles. The standard InChI is InChI=1S/C18H26N2O3S/c1-14-8-9-16(19-12-14)20(15-6-4-3-5-7-15)17(21)10-11-24-13-18(22)23-2/h8-9,12,15H,3-7,10-11,13H2,1-2H3. The fourth-order valence-corrected chi connectivity index (χ4v) is 3.70. The lowest BCUT2D eigenvalue weighted by Crippen LogP contribution is -2.42. The van der Waals surface area contributed by atoms with E-state index in [1.54, 1.807) is 0 Å². The molecule has 0 aromatic carbocycles. The number of carbonyl (C=O) groups excluding carboxylic acids is 2. The first-order valence-corrected chi connectivity index (χ1v) is 9.66. The van der Waals surface area contributed by atoms with Crippen LogP contribution in [-0.4, -0.2) is 41.5 Å². The molecular weight excluding hydrogens is 324 g/mol. The van der Waals surface area contributed by atoms with E-state index < -0.39 is 0 Å². The van der Waals surface area contributed by atoms with E-state index in [0.717, 1.165) is 37.1 Å². The van der Waals surface area contributed by atoms with Crippen LogP contribution < -0.4 is 4.90 Å². The van der Waals surface area contributed by atoms with Crippen LogP contribution in [0, 0.1) is 6.92 Å². The molecule has 0 unspecified atom stereocenters. The van der Waals surface area contributed by atoms with E-state index in [-0.39, 0.29) is 23.7 Å². The van der Waals surface area contributed by atoms with Gasteiger partial charge in [-0.2, -0.15) is 0 Å². The number of aromatic nitrogens is 1. The Kier molecular flexibility index (Phi) is 7.56. The van der Waals surface area contributed by atoms with Crippen molar-refractivity contribution in [3.8, 4) is 0 Å². The maximum atomic E-state index is 12.8. The number of thioether (sulfide) groups is 1. The highest BCUT2D eigenvalue weighted by atomic mass is 32.2. The summed E-state index contributed by atoms with van der Waals surface area (Å²) in [6, 6.07) is 4.17. The van der Waals surface area contributed by atoms with Crippen molar-refractivity contribution in [3.63, 3.8) is 0 Å². The number of rotatable bonds is 7. The highest BCUT2D eigenvalue weighted by molar-refractivity contribution is 7.99. The van der Waals surface area contributed by atoms with Gasteiger partial charge in [-0.1, -0.05) is 25.3 Å². The number of methoxy groups -OCH3 is 1. The van der Waals surface area contributed by atoms with Gasteiger partial charge in [0.15, 0.2) is 0 Å². The lowest BCUT2D eigenvalue weighted by atomic mass is 9.94. The van der Waals surface area contributed by atoms with E-state index in [0.29, 0.717) is 12.2 Å². The number of hydrogen-bond acceptors (Lipinski definition) is 5. The van der Waals surface area contributed by atoms with E-state index >= 15 is 0 Å². The van der Waals surface area contributed by atoms with Crippen LogP contribution in [0.25, 0.3) is 0 Å². The molecule has 6 heteroatoms. The Labute approximate surface area is 148 Å². The zero-order valence-electron chi connectivity index (χ0n) is 14.5. The molecule has 0 atom stereocenters. The predicted octanol–water partition coefficient (Wildman–Crippen LogP) is 3.35. The van der Waals surface area contributed by atoms with Gasteiger partial charge in [-0.25, -0.2) is 4.98 Å². The van der Waals surface area contributed by atoms with Gasteiger partial charge in [0.1, 0.15) is 5.82 Å². The molecule has 0 N–H and O–H groups in total. The zero-order chi connectivity index (χ0) is 17.4. The monoisotopic (exact) mass is 350 g/mol. The summed E-state index contributed by atoms with van der Waals surface area (Å²) in [7, 11) is 1.38. The van der Waals surface area contributed by atoms with Crippen LogP contribution in [0.3, 0.4) is 0 Å². The molecule has 5 nitrogen and oxygen atoms in total. The molecule has 0 bridgehead atoms. The van der Waals surface area contributed by atoms with Crippen molar-refractivity contribution in [1.82, 2.24) is 4.98 Å². The van der Waals surface area contributed by atoms with Crippen LogP contribution in [0.2, 0.25) is 0 Å². The SMILES string of the molecule is COC(=O)CSCCC(=O)N(c1ccc(C)cn1)C1CCCCC1. The average molecular weight is 350 g/mol. The number of esters is 1. The van der Waals surface area contributed by atoms with Crippen molar-refractivity contribution in [2.24, 2.45) is 0 Å². The quantitative estimate of drug-likeness (QED) is 0.557. The summed E-state index contributed by atoms with van der Waals surface area (Å²) in [5.74, 6) is 1.49. The minimum atomic E-state index is -0.253. The molecule has 1 heterocycles. The van der Waals surface area contributed by atoms with Crippen molar-refractivity contribution in [2.45, 2.75) is 51.5 Å². The molecule has 0 saturated heterocycles. The molecular formula is C18H26N2O3S. The zero-order valence-corrected chi connectivity index (χ0v) is 15.3. The second kappa shape index (κ2) is 9.67. The number of hydrogen-bond donors (Lipinski definition) is 0. The first-order valence-electron chi connectivity index (χ1n) is 8.51. The molecule has 1 aromatic rings. The first-order chi connectivity index (χ1) is 11.6. The van der Waals surface area contributed by atoms with E-state index in [4.69, 9.17) is 0 Å². The summed E-state index contributed by atoms with van der Waals surface area (Å²) < 4.78 is 4.62. The highest BCUT2D eigenvalue weighted by Crippen LogP contribution is 2.27. The van der Waals surface area contributed by atoms with Crippen LogP contribution in [-0.2, 0) is 14.3 Å². The maximum Gasteiger partial charge on any atom is 0.315 e. The maximum absolute atomic E-state index is 12.8. The van der Waals surface area contributed by atoms with Crippen LogP contribution >= 0.6 is 11.8 Å². The Balaban J connectivity index is 2.00. The van der Waals surface area contributed by atoms with Gasteiger partial charge >= 0.3 is 5.97 Å². The smallest absolute Gasteiger partial charge is 0.315 e. The molecule has 1 aliphatic rings. The minimum absolute atomic E-state index is 0.0932. The number of ether oxygens (including phenoxy) is 1. The fourth-order valence-electron chi connectivity index (χ4n) is 2.95. The summed E-state index contributed by atoms with van der Waals surface area (Å²) in [5, 5.41) is 0. The van der Waals surface area contributed by atoms with Gasteiger partial charge in [0.05, 0.1) is 12.9 Å². The van der Waals surface area contributed by atoms with Gasteiger partial charge in [-0.15, -0.1) is 11.8 Å². The molecule has 1 aromatic heterocycles. The fraction of sp³-hybridized carbons (Fsp3) is 0.611. The van der Waals surface area contributed by atoms with Gasteiger partial charge in [0, 0.05) is 24.4 Å². The van der Waals surface area contributed by atoms with Gasteiger partial charge in [-0.05, 0) is 31.4 Å². The Morgan fingerprint density at radius 3 is 2.67 bits per heavy atom. The van der Waals surface area contributed by atoms with Gasteiger partial charge in [0.25, 0.3) is 0 Å². The Morgan fingerprint density at radius 1 is 1.29 bits per heavy atom. The Bertz CT molecular complexity index is 542. The van der Waals surface area contributed by atoms with E-state index in [9.17, 15) is 9.59 Å². The van der Waals surface area contributed by atoms with E-state index in [2.05, 4.69) is 9.72 Å². The summed E-state index contributed by atoms with van der Waals surface area (Å²) in [6.07, 6.45) is 7.87. The first kappa shape index (κ1) is 18.8. The number of carbonyl (C=O) groups is 2. The van der Waals surface area contributed by atoms with E-state index in [1.165, 1.54) is 25.3 Å². The normalized spacial score (nSPS) is 15.1. The topological polar surface area (TPSA) is 59.5 Å². The van der Waals surface area contributed by atoms with Gasteiger partial charge in [-0.3, -0.25) is 14.5 Å². The molecule has 2 rings (SSSR count). The van der Waals surface area contributed by atoms with Crippen molar-refractivity contribution in [2.75, 3.05) is 23.5 Å². The van der Waals surface area contributed by atoms with Gasteiger partial charge < -0.3 is 4.74 Å². The van der Waals surface area contributed by atoms with Crippen LogP contribution in [0.1, 0.15) is 44.1 Å². The second-order valence-corrected chi connectivity index (χ2v) is 7.23. The van der Waals surface area contributed by atoms with E-state index in [1.807, 2.05) is 30.2 Å². The third-order valence-electron chi connectivity index (χ3n) is 4.26. The Hall–Kier alpha value is -1.56. The number of nitrogens with zero attached hydrogens (tertiary/aromatic N) is 2. The van der Waals surface area contributed by atoms with Gasteiger partial charge in [0.2, 0.25) is 5.91 Å². The molecule has 1 amide bonds. The lowest BCUT2D eigenvalue weighted by Gasteiger charge is -2.33. The summed E-state index contributed by atoms with van der Waals surface area (Å²) in [6.45, 7) is 1.99. The molecule has 0 aliphatic heterocycles. The Morgan fingerprint density at radius 2 is 2.04 bits per heavy atom. The largest absolute Gasteiger partial charge is 0.468 e. The summed E-state index contributed by atoms with van der Waals surface area (Å²) >= 11 is 1.43. The summed E-state index contributed by atoms with van der Waals surface area (Å²) in [4.78, 5) is 30.3. The highest BCUT2D eigenvalue weighted by Gasteiger charge is 2.27. The van der Waals surface area contributed by atoms with Crippen LogP contribution in [0.15, 0.2) is 18.3 Å². The molecule has 1 saturated carbocycles. The third-order valence-corrected chi connectivity index (χ3v) is 5.19. The number of anilines is 1. The number of amides is 1. The van der Waals surface area contributed by atoms with Crippen LogP contribution in [0.5, 0.6) is 0 Å².